The molecule has 0 saturated carbocycles. The maximum atomic E-state index is 11.5. The van der Waals surface area contributed by atoms with Gasteiger partial charge in [-0.25, -0.2) is 4.79 Å². The van der Waals surface area contributed by atoms with Gasteiger partial charge in [-0.2, -0.15) is 0 Å². The maximum absolute atomic E-state index is 11.5. The minimum absolute atomic E-state index is 0.182. The first kappa shape index (κ1) is 12.7. The minimum Gasteiger partial charge on any atom is -0.478 e. The highest BCUT2D eigenvalue weighted by Crippen LogP contribution is 2.06. The molecule has 0 aliphatic heterocycles. The summed E-state index contributed by atoms with van der Waals surface area (Å²) >= 11 is 0. The molecule has 88 valence electrons. The van der Waals surface area contributed by atoms with Gasteiger partial charge in [0.2, 0.25) is 0 Å². The van der Waals surface area contributed by atoms with Crippen LogP contribution in [-0.4, -0.2) is 23.5 Å². The molecule has 4 heteroatoms. The van der Waals surface area contributed by atoms with Crippen LogP contribution in [0.15, 0.2) is 43.0 Å². The van der Waals surface area contributed by atoms with Crippen LogP contribution in [0.5, 0.6) is 0 Å². The van der Waals surface area contributed by atoms with E-state index in [2.05, 4.69) is 11.9 Å². The van der Waals surface area contributed by atoms with E-state index in [0.717, 1.165) is 11.6 Å². The first-order chi connectivity index (χ1) is 8.13. The third-order valence-corrected chi connectivity index (χ3v) is 2.00. The Morgan fingerprint density at radius 1 is 1.29 bits per heavy atom. The lowest BCUT2D eigenvalue weighted by Gasteiger charge is -2.02. The Hall–Kier alpha value is -2.36. The van der Waals surface area contributed by atoms with Gasteiger partial charge in [0.1, 0.15) is 0 Å². The summed E-state index contributed by atoms with van der Waals surface area (Å²) in [4.78, 5) is 21.8. The number of carbonyl (C=O) groups excluding carboxylic acids is 1. The third-order valence-electron chi connectivity index (χ3n) is 2.00. The minimum atomic E-state index is -1.00. The van der Waals surface area contributed by atoms with Gasteiger partial charge in [-0.3, -0.25) is 4.79 Å². The Morgan fingerprint density at radius 2 is 1.94 bits per heavy atom. The number of amides is 1. The average Bonchev–Trinajstić information content (AvgIpc) is 2.34. The molecule has 1 rings (SSSR count). The summed E-state index contributed by atoms with van der Waals surface area (Å²) in [7, 11) is 0. The molecule has 0 saturated heterocycles. The van der Waals surface area contributed by atoms with Crippen molar-refractivity contribution in [2.24, 2.45) is 0 Å². The standard InChI is InChI=1S/C13H13NO3/c1-2-9-14-13(17)11-6-3-10(4-7-11)5-8-12(15)16/h2-8H,1,9H2,(H,14,17)(H,15,16)/b8-5+. The van der Waals surface area contributed by atoms with E-state index < -0.39 is 5.97 Å². The fraction of sp³-hybridized carbons (Fsp3) is 0.0769. The van der Waals surface area contributed by atoms with E-state index in [-0.39, 0.29) is 5.91 Å². The van der Waals surface area contributed by atoms with E-state index in [9.17, 15) is 9.59 Å². The highest BCUT2D eigenvalue weighted by Gasteiger charge is 2.02. The Kier molecular flexibility index (Phi) is 4.69. The molecule has 0 aliphatic rings. The van der Waals surface area contributed by atoms with Crippen LogP contribution in [-0.2, 0) is 4.79 Å². The molecule has 0 heterocycles. The molecule has 0 radical (unpaired) electrons. The molecule has 0 bridgehead atoms. The molecule has 0 atom stereocenters. The zero-order valence-electron chi connectivity index (χ0n) is 9.22. The van der Waals surface area contributed by atoms with Crippen LogP contribution < -0.4 is 5.32 Å². The van der Waals surface area contributed by atoms with Gasteiger partial charge in [0.15, 0.2) is 0 Å². The van der Waals surface area contributed by atoms with Crippen molar-refractivity contribution in [3.8, 4) is 0 Å². The van der Waals surface area contributed by atoms with Gasteiger partial charge in [-0.15, -0.1) is 6.58 Å². The molecule has 1 amide bonds. The number of hydrogen-bond acceptors (Lipinski definition) is 2. The second-order valence-electron chi connectivity index (χ2n) is 3.29. The van der Waals surface area contributed by atoms with Crippen LogP contribution in [0.25, 0.3) is 6.08 Å². The molecular weight excluding hydrogens is 218 g/mol. The van der Waals surface area contributed by atoms with Crippen LogP contribution in [0.3, 0.4) is 0 Å². The van der Waals surface area contributed by atoms with Crippen molar-refractivity contribution < 1.29 is 14.7 Å². The van der Waals surface area contributed by atoms with Gasteiger partial charge < -0.3 is 10.4 Å². The molecule has 1 aromatic rings. The van der Waals surface area contributed by atoms with Gasteiger partial charge >= 0.3 is 5.97 Å². The van der Waals surface area contributed by atoms with Gasteiger partial charge in [-0.05, 0) is 23.8 Å². The van der Waals surface area contributed by atoms with Crippen molar-refractivity contribution in [3.05, 3.63) is 54.1 Å². The molecule has 0 spiro atoms. The van der Waals surface area contributed by atoms with E-state index in [1.807, 2.05) is 0 Å². The summed E-state index contributed by atoms with van der Waals surface area (Å²) in [5.41, 5.74) is 1.26. The second-order valence-corrected chi connectivity index (χ2v) is 3.29. The number of carboxylic acids is 1. The molecule has 4 nitrogen and oxygen atoms in total. The highest BCUT2D eigenvalue weighted by atomic mass is 16.4. The lowest BCUT2D eigenvalue weighted by atomic mass is 10.1. The number of rotatable bonds is 5. The smallest absolute Gasteiger partial charge is 0.328 e. The topological polar surface area (TPSA) is 66.4 Å². The molecule has 0 aromatic heterocycles. The summed E-state index contributed by atoms with van der Waals surface area (Å²) in [6.07, 6.45) is 4.11. The van der Waals surface area contributed by atoms with Crippen LogP contribution in [0, 0.1) is 0 Å². The summed E-state index contributed by atoms with van der Waals surface area (Å²) in [5, 5.41) is 11.1. The second kappa shape index (κ2) is 6.27. The molecule has 2 N–H and O–H groups in total. The summed E-state index contributed by atoms with van der Waals surface area (Å²) in [6, 6.07) is 6.64. The van der Waals surface area contributed by atoms with E-state index in [4.69, 9.17) is 5.11 Å². The van der Waals surface area contributed by atoms with Gasteiger partial charge in [0.25, 0.3) is 5.91 Å². The van der Waals surface area contributed by atoms with Crippen molar-refractivity contribution in [3.63, 3.8) is 0 Å². The SMILES string of the molecule is C=CCNC(=O)c1ccc(/C=C/C(=O)O)cc1. The molecular formula is C13H13NO3. The summed E-state index contributed by atoms with van der Waals surface area (Å²) in [6.45, 7) is 3.92. The number of benzene rings is 1. The molecule has 0 unspecified atom stereocenters. The Labute approximate surface area is 99.3 Å². The Morgan fingerprint density at radius 3 is 2.47 bits per heavy atom. The Balaban J connectivity index is 2.70. The first-order valence-corrected chi connectivity index (χ1v) is 5.03. The van der Waals surface area contributed by atoms with Crippen LogP contribution in [0.1, 0.15) is 15.9 Å². The van der Waals surface area contributed by atoms with E-state index in [1.165, 1.54) is 6.08 Å². The zero-order chi connectivity index (χ0) is 12.7. The maximum Gasteiger partial charge on any atom is 0.328 e. The van der Waals surface area contributed by atoms with Gasteiger partial charge in [0, 0.05) is 18.2 Å². The number of carbonyl (C=O) groups is 2. The summed E-state index contributed by atoms with van der Waals surface area (Å²) in [5.74, 6) is -1.18. The van der Waals surface area contributed by atoms with Crippen LogP contribution >= 0.6 is 0 Å². The van der Waals surface area contributed by atoms with E-state index in [1.54, 1.807) is 30.3 Å². The average molecular weight is 231 g/mol. The third kappa shape index (κ3) is 4.34. The van der Waals surface area contributed by atoms with Crippen molar-refractivity contribution in [2.45, 2.75) is 0 Å². The molecule has 0 fully saturated rings. The van der Waals surface area contributed by atoms with Crippen molar-refractivity contribution >= 4 is 18.0 Å². The Bertz CT molecular complexity index is 446. The van der Waals surface area contributed by atoms with Crippen molar-refractivity contribution in [2.75, 3.05) is 6.54 Å². The number of hydrogen-bond donors (Lipinski definition) is 2. The monoisotopic (exact) mass is 231 g/mol. The van der Waals surface area contributed by atoms with Crippen molar-refractivity contribution in [1.82, 2.24) is 5.32 Å². The lowest BCUT2D eigenvalue weighted by molar-refractivity contribution is -0.131. The fourth-order valence-electron chi connectivity index (χ4n) is 1.18. The van der Waals surface area contributed by atoms with Crippen molar-refractivity contribution in [1.29, 1.82) is 0 Å². The normalized spacial score (nSPS) is 10.1. The van der Waals surface area contributed by atoms with Crippen LogP contribution in [0.4, 0.5) is 0 Å². The zero-order valence-corrected chi connectivity index (χ0v) is 9.22. The van der Waals surface area contributed by atoms with E-state index >= 15 is 0 Å². The van der Waals surface area contributed by atoms with E-state index in [0.29, 0.717) is 12.1 Å². The highest BCUT2D eigenvalue weighted by molar-refractivity contribution is 5.94. The first-order valence-electron chi connectivity index (χ1n) is 5.03. The van der Waals surface area contributed by atoms with Crippen LogP contribution in [0.2, 0.25) is 0 Å². The predicted molar refractivity (Wildman–Crippen MR) is 65.6 cm³/mol. The number of aliphatic carboxylic acids is 1. The molecule has 0 aliphatic carbocycles. The summed E-state index contributed by atoms with van der Waals surface area (Å²) < 4.78 is 0. The lowest BCUT2D eigenvalue weighted by Crippen LogP contribution is -2.22. The van der Waals surface area contributed by atoms with Gasteiger partial charge in [-0.1, -0.05) is 18.2 Å². The molecule has 17 heavy (non-hydrogen) atoms. The van der Waals surface area contributed by atoms with Gasteiger partial charge in [0.05, 0.1) is 0 Å². The molecule has 1 aromatic carbocycles. The largest absolute Gasteiger partial charge is 0.478 e. The fourth-order valence-corrected chi connectivity index (χ4v) is 1.18. The predicted octanol–water partition coefficient (Wildman–Crippen LogP) is 1.70. The quantitative estimate of drug-likeness (QED) is 0.598. The number of carboxylic acid groups (broad SMARTS) is 1. The number of nitrogens with one attached hydrogen (secondary N) is 1.